The van der Waals surface area contributed by atoms with E-state index < -0.39 is 0 Å². The summed E-state index contributed by atoms with van der Waals surface area (Å²) in [6.45, 7) is 8.02. The van der Waals surface area contributed by atoms with Gasteiger partial charge in [0.25, 0.3) is 0 Å². The van der Waals surface area contributed by atoms with Crippen molar-refractivity contribution in [2.75, 3.05) is 25.0 Å². The number of aryl methyl sites for hydroxylation is 1. The highest BCUT2D eigenvalue weighted by Crippen LogP contribution is 2.41. The van der Waals surface area contributed by atoms with E-state index in [4.69, 9.17) is 5.41 Å². The Labute approximate surface area is 179 Å². The van der Waals surface area contributed by atoms with E-state index >= 15 is 4.39 Å². The minimum absolute atomic E-state index is 0.179. The fraction of sp³-hybridized carbons (Fsp3) is 0.560. The molecular formula is C25H35FN4. The predicted octanol–water partition coefficient (Wildman–Crippen LogP) is 5.16. The lowest BCUT2D eigenvalue weighted by atomic mass is 9.97. The number of anilines is 1. The predicted molar refractivity (Wildman–Crippen MR) is 124 cm³/mol. The van der Waals surface area contributed by atoms with E-state index in [1.807, 2.05) is 7.05 Å². The molecule has 1 aliphatic heterocycles. The van der Waals surface area contributed by atoms with E-state index in [1.54, 1.807) is 6.07 Å². The van der Waals surface area contributed by atoms with Crippen molar-refractivity contribution in [2.45, 2.75) is 71.4 Å². The number of benzene rings is 1. The summed E-state index contributed by atoms with van der Waals surface area (Å²) in [6, 6.07) is 2.50. The van der Waals surface area contributed by atoms with Crippen molar-refractivity contribution in [3.63, 3.8) is 0 Å². The summed E-state index contributed by atoms with van der Waals surface area (Å²) in [7, 11) is 1.99. The van der Waals surface area contributed by atoms with Crippen molar-refractivity contribution in [1.29, 1.82) is 5.41 Å². The van der Waals surface area contributed by atoms with Crippen molar-refractivity contribution in [1.82, 2.24) is 9.88 Å². The third-order valence-corrected chi connectivity index (χ3v) is 6.76. The first-order valence-corrected chi connectivity index (χ1v) is 11.5. The van der Waals surface area contributed by atoms with Gasteiger partial charge in [0.05, 0.1) is 16.6 Å². The topological polar surface area (TPSA) is 44.0 Å². The van der Waals surface area contributed by atoms with Gasteiger partial charge in [0.15, 0.2) is 0 Å². The number of likely N-dealkylation sites (N-methyl/N-ethyl adjacent to an activating group) is 1. The summed E-state index contributed by atoms with van der Waals surface area (Å²) in [5, 5.41) is 13.5. The molecule has 0 amide bonds. The molecule has 0 radical (unpaired) electrons. The standard InChI is InChI=1S/C25H35FN4/c1-5-8-16(3)21-15-30(18-10-11-18)24-19(6-2)25(22(26)13-20(24)23(21)27)29-12-7-9-17(14-29)28-4/h8,13,15,17-18,27-28H,5-7,9-12,14H2,1-4H3/b16-8-,27-23?. The second-order valence-electron chi connectivity index (χ2n) is 8.86. The number of nitrogens with zero attached hydrogens (tertiary/aromatic N) is 2. The molecule has 30 heavy (non-hydrogen) atoms. The van der Waals surface area contributed by atoms with Crippen LogP contribution in [-0.2, 0) is 6.42 Å². The van der Waals surface area contributed by atoms with Crippen LogP contribution in [0.15, 0.2) is 18.3 Å². The molecule has 1 aromatic heterocycles. The first kappa shape index (κ1) is 21.1. The van der Waals surface area contributed by atoms with Crippen LogP contribution in [0, 0.1) is 11.2 Å². The van der Waals surface area contributed by atoms with E-state index in [-0.39, 0.29) is 5.82 Å². The number of halogens is 1. The minimum atomic E-state index is -0.179. The van der Waals surface area contributed by atoms with Gasteiger partial charge in [0.2, 0.25) is 0 Å². The zero-order valence-corrected chi connectivity index (χ0v) is 18.8. The molecule has 0 spiro atoms. The fourth-order valence-corrected chi connectivity index (χ4v) is 5.03. The van der Waals surface area contributed by atoms with Gasteiger partial charge in [-0.25, -0.2) is 4.39 Å². The van der Waals surface area contributed by atoms with Crippen LogP contribution in [0.5, 0.6) is 0 Å². The Morgan fingerprint density at radius 2 is 2.07 bits per heavy atom. The third kappa shape index (κ3) is 3.68. The molecule has 1 saturated heterocycles. The Morgan fingerprint density at radius 3 is 2.70 bits per heavy atom. The van der Waals surface area contributed by atoms with Gasteiger partial charge in [0, 0.05) is 47.9 Å². The molecule has 2 heterocycles. The minimum Gasteiger partial charge on any atom is -0.367 e. The van der Waals surface area contributed by atoms with Gasteiger partial charge >= 0.3 is 0 Å². The zero-order chi connectivity index (χ0) is 21.4. The van der Waals surface area contributed by atoms with Gasteiger partial charge < -0.3 is 14.8 Å². The van der Waals surface area contributed by atoms with Crippen molar-refractivity contribution in [3.8, 4) is 0 Å². The maximum absolute atomic E-state index is 15.6. The van der Waals surface area contributed by atoms with Crippen LogP contribution in [-0.4, -0.2) is 30.7 Å². The average molecular weight is 411 g/mol. The van der Waals surface area contributed by atoms with Crippen LogP contribution >= 0.6 is 0 Å². The molecule has 2 fully saturated rings. The molecule has 1 aromatic carbocycles. The van der Waals surface area contributed by atoms with E-state index in [0.717, 1.165) is 84.9 Å². The van der Waals surface area contributed by atoms with Crippen molar-refractivity contribution in [2.24, 2.45) is 0 Å². The summed E-state index contributed by atoms with van der Waals surface area (Å²) in [5.74, 6) is -0.179. The zero-order valence-electron chi connectivity index (χ0n) is 18.8. The first-order valence-electron chi connectivity index (χ1n) is 11.5. The fourth-order valence-electron chi connectivity index (χ4n) is 5.03. The van der Waals surface area contributed by atoms with Gasteiger partial charge in [-0.15, -0.1) is 0 Å². The van der Waals surface area contributed by atoms with Gasteiger partial charge in [-0.2, -0.15) is 0 Å². The number of aromatic nitrogens is 1. The van der Waals surface area contributed by atoms with Crippen LogP contribution < -0.4 is 15.6 Å². The number of hydrogen-bond donors (Lipinski definition) is 2. The number of fused-ring (bicyclic) bond motifs is 1. The van der Waals surface area contributed by atoms with Crippen LogP contribution in [0.1, 0.15) is 70.0 Å². The molecule has 2 aliphatic rings. The monoisotopic (exact) mass is 410 g/mol. The first-order chi connectivity index (χ1) is 14.5. The molecule has 2 N–H and O–H groups in total. The molecule has 162 valence electrons. The molecule has 1 saturated carbocycles. The van der Waals surface area contributed by atoms with E-state index in [0.29, 0.717) is 17.4 Å². The smallest absolute Gasteiger partial charge is 0.147 e. The molecule has 1 aliphatic carbocycles. The van der Waals surface area contributed by atoms with Gasteiger partial charge in [0.1, 0.15) is 5.82 Å². The second kappa shape index (κ2) is 8.54. The summed E-state index contributed by atoms with van der Waals surface area (Å²) < 4.78 is 18.0. The Bertz CT molecular complexity index is 1030. The van der Waals surface area contributed by atoms with Crippen LogP contribution in [0.3, 0.4) is 0 Å². The lowest BCUT2D eigenvalue weighted by Crippen LogP contribution is -2.45. The molecular weight excluding hydrogens is 375 g/mol. The molecule has 1 atom stereocenters. The number of nitrogens with one attached hydrogen (secondary N) is 2. The van der Waals surface area contributed by atoms with Crippen molar-refractivity contribution in [3.05, 3.63) is 40.6 Å². The van der Waals surface area contributed by atoms with Gasteiger partial charge in [-0.05, 0) is 64.1 Å². The average Bonchev–Trinajstić information content (AvgIpc) is 3.59. The summed E-state index contributed by atoms with van der Waals surface area (Å²) in [6.07, 6.45) is 10.5. The van der Waals surface area contributed by atoms with Crippen molar-refractivity contribution >= 4 is 22.2 Å². The quantitative estimate of drug-likeness (QED) is 0.691. The van der Waals surface area contributed by atoms with E-state index in [2.05, 4.69) is 47.8 Å². The van der Waals surface area contributed by atoms with Crippen molar-refractivity contribution < 1.29 is 4.39 Å². The lowest BCUT2D eigenvalue weighted by molar-refractivity contribution is 0.445. The number of allylic oxidation sites excluding steroid dienone is 2. The maximum Gasteiger partial charge on any atom is 0.147 e. The highest BCUT2D eigenvalue weighted by Gasteiger charge is 2.30. The number of piperidine rings is 1. The van der Waals surface area contributed by atoms with Crippen LogP contribution in [0.2, 0.25) is 0 Å². The Balaban J connectivity index is 1.98. The van der Waals surface area contributed by atoms with E-state index in [9.17, 15) is 0 Å². The molecule has 5 heteroatoms. The number of hydrogen-bond acceptors (Lipinski definition) is 3. The maximum atomic E-state index is 15.6. The van der Waals surface area contributed by atoms with Gasteiger partial charge in [-0.3, -0.25) is 5.41 Å². The molecule has 0 bridgehead atoms. The SMILES string of the molecule is CC/C=C(/C)c1cn(C2CC2)c2c(CC)c(N3CCCC(NC)C3)c(F)cc2c1=N. The highest BCUT2D eigenvalue weighted by molar-refractivity contribution is 5.90. The summed E-state index contributed by atoms with van der Waals surface area (Å²) >= 11 is 0. The second-order valence-corrected chi connectivity index (χ2v) is 8.86. The van der Waals surface area contributed by atoms with Crippen LogP contribution in [0.4, 0.5) is 10.1 Å². The Morgan fingerprint density at radius 1 is 1.30 bits per heavy atom. The van der Waals surface area contributed by atoms with E-state index in [1.165, 1.54) is 0 Å². The largest absolute Gasteiger partial charge is 0.367 e. The summed E-state index contributed by atoms with van der Waals surface area (Å²) in [4.78, 5) is 2.23. The molecule has 1 unspecified atom stereocenters. The molecule has 2 aromatic rings. The lowest BCUT2D eigenvalue weighted by Gasteiger charge is -2.36. The van der Waals surface area contributed by atoms with Gasteiger partial charge in [-0.1, -0.05) is 19.9 Å². The Kier molecular flexibility index (Phi) is 6.01. The Hall–Kier alpha value is -2.14. The third-order valence-electron chi connectivity index (χ3n) is 6.76. The van der Waals surface area contributed by atoms with Crippen LogP contribution in [0.25, 0.3) is 16.5 Å². The molecule has 4 nitrogen and oxygen atoms in total. The molecule has 4 rings (SSSR count). The summed E-state index contributed by atoms with van der Waals surface area (Å²) in [5.41, 5.74) is 4.92. The number of pyridine rings is 1. The highest BCUT2D eigenvalue weighted by atomic mass is 19.1. The number of rotatable bonds is 6. The normalized spacial score (nSPS) is 20.2.